The van der Waals surface area contributed by atoms with E-state index >= 15 is 0 Å². The largest absolute Gasteiger partial charge is 0.464 e. The average Bonchev–Trinajstić information content (AvgIpc) is 3.11. The second-order valence-electron chi connectivity index (χ2n) is 4.56. The predicted molar refractivity (Wildman–Crippen MR) is 72.5 cm³/mol. The summed E-state index contributed by atoms with van der Waals surface area (Å²) >= 11 is 1.59. The molecule has 1 aromatic rings. The molecule has 1 aliphatic rings. The van der Waals surface area contributed by atoms with Crippen LogP contribution in [0.25, 0.3) is 0 Å². The number of esters is 1. The Kier molecular flexibility index (Phi) is 4.55. The van der Waals surface area contributed by atoms with Gasteiger partial charge in [-0.2, -0.15) is 11.3 Å². The Bertz CT molecular complexity index is 443. The molecule has 19 heavy (non-hydrogen) atoms. The second kappa shape index (κ2) is 6.16. The van der Waals surface area contributed by atoms with Crippen molar-refractivity contribution in [3.63, 3.8) is 0 Å². The summed E-state index contributed by atoms with van der Waals surface area (Å²) in [4.78, 5) is 25.5. The van der Waals surface area contributed by atoms with Gasteiger partial charge in [0.05, 0.1) is 6.61 Å². The smallest absolute Gasteiger partial charge is 0.332 e. The van der Waals surface area contributed by atoms with Gasteiger partial charge in [0.2, 0.25) is 0 Å². The van der Waals surface area contributed by atoms with Gasteiger partial charge in [0.25, 0.3) is 5.91 Å². The first kappa shape index (κ1) is 14.0. The van der Waals surface area contributed by atoms with Crippen LogP contribution in [-0.2, 0) is 20.9 Å². The molecule has 2 N–H and O–H groups in total. The summed E-state index contributed by atoms with van der Waals surface area (Å²) in [6.07, 6.45) is 1.96. The maximum absolute atomic E-state index is 12.3. The third-order valence-corrected chi connectivity index (χ3v) is 3.74. The summed E-state index contributed by atoms with van der Waals surface area (Å²) in [5.74, 6) is -0.990. The Labute approximate surface area is 116 Å². The van der Waals surface area contributed by atoms with E-state index in [0.717, 1.165) is 18.4 Å². The number of nitrogens with zero attached hydrogens (tertiary/aromatic N) is 1. The van der Waals surface area contributed by atoms with Gasteiger partial charge in [-0.3, -0.25) is 4.79 Å². The van der Waals surface area contributed by atoms with Crippen LogP contribution in [0, 0.1) is 0 Å². The van der Waals surface area contributed by atoms with Crippen molar-refractivity contribution in [3.05, 3.63) is 22.4 Å². The van der Waals surface area contributed by atoms with Crippen LogP contribution < -0.4 is 5.73 Å². The first-order valence-corrected chi connectivity index (χ1v) is 7.31. The third-order valence-electron chi connectivity index (χ3n) is 3.01. The molecule has 0 aliphatic heterocycles. The van der Waals surface area contributed by atoms with E-state index in [-0.39, 0.29) is 18.6 Å². The average molecular weight is 282 g/mol. The molecule has 1 saturated carbocycles. The van der Waals surface area contributed by atoms with Crippen LogP contribution in [0.3, 0.4) is 0 Å². The number of carbonyl (C=O) groups is 2. The quantitative estimate of drug-likeness (QED) is 0.627. The van der Waals surface area contributed by atoms with Gasteiger partial charge in [0.15, 0.2) is 6.04 Å². The third kappa shape index (κ3) is 3.54. The van der Waals surface area contributed by atoms with Crippen molar-refractivity contribution in [1.82, 2.24) is 4.90 Å². The van der Waals surface area contributed by atoms with E-state index in [1.807, 2.05) is 16.8 Å². The molecular weight excluding hydrogens is 264 g/mol. The molecule has 1 amide bonds. The summed E-state index contributed by atoms with van der Waals surface area (Å²) < 4.78 is 4.80. The van der Waals surface area contributed by atoms with Crippen molar-refractivity contribution in [1.29, 1.82) is 0 Å². The highest BCUT2D eigenvalue weighted by Gasteiger charge is 2.37. The zero-order valence-corrected chi connectivity index (χ0v) is 11.7. The maximum Gasteiger partial charge on any atom is 0.332 e. The maximum atomic E-state index is 12.3. The van der Waals surface area contributed by atoms with Crippen molar-refractivity contribution in [2.75, 3.05) is 6.61 Å². The van der Waals surface area contributed by atoms with Crippen molar-refractivity contribution in [2.24, 2.45) is 5.73 Å². The van der Waals surface area contributed by atoms with Gasteiger partial charge in [-0.1, -0.05) is 0 Å². The van der Waals surface area contributed by atoms with Crippen LogP contribution >= 0.6 is 11.3 Å². The number of hydrogen-bond acceptors (Lipinski definition) is 5. The molecule has 1 aliphatic carbocycles. The highest BCUT2D eigenvalue weighted by atomic mass is 32.1. The van der Waals surface area contributed by atoms with Crippen LogP contribution in [0.15, 0.2) is 16.8 Å². The molecule has 1 aromatic heterocycles. The minimum atomic E-state index is -1.21. The van der Waals surface area contributed by atoms with Crippen LogP contribution in [0.5, 0.6) is 0 Å². The molecule has 104 valence electrons. The van der Waals surface area contributed by atoms with Crippen molar-refractivity contribution in [2.45, 2.75) is 38.4 Å². The zero-order chi connectivity index (χ0) is 13.8. The molecular formula is C13H18N2O3S. The van der Waals surface area contributed by atoms with Gasteiger partial charge in [-0.05, 0) is 42.2 Å². The topological polar surface area (TPSA) is 72.6 Å². The number of amides is 1. The molecule has 1 unspecified atom stereocenters. The fourth-order valence-electron chi connectivity index (χ4n) is 1.86. The van der Waals surface area contributed by atoms with E-state index in [4.69, 9.17) is 10.5 Å². The lowest BCUT2D eigenvalue weighted by atomic mass is 10.2. The predicted octanol–water partition coefficient (Wildman–Crippen LogP) is 1.13. The summed E-state index contributed by atoms with van der Waals surface area (Å²) in [6.45, 7) is 2.44. The molecule has 1 fully saturated rings. The molecule has 0 saturated heterocycles. The van der Waals surface area contributed by atoms with Gasteiger partial charge in [-0.15, -0.1) is 0 Å². The van der Waals surface area contributed by atoms with Crippen LogP contribution in [0.4, 0.5) is 0 Å². The Morgan fingerprint density at radius 2 is 2.32 bits per heavy atom. The molecule has 0 aromatic carbocycles. The van der Waals surface area contributed by atoms with Gasteiger partial charge in [0.1, 0.15) is 0 Å². The fraction of sp³-hybridized carbons (Fsp3) is 0.538. The normalized spacial score (nSPS) is 15.9. The Morgan fingerprint density at radius 1 is 1.58 bits per heavy atom. The summed E-state index contributed by atoms with van der Waals surface area (Å²) in [5, 5.41) is 3.97. The number of thiophene rings is 1. The fourth-order valence-corrected chi connectivity index (χ4v) is 2.52. The first-order valence-electron chi connectivity index (χ1n) is 6.37. The van der Waals surface area contributed by atoms with Crippen molar-refractivity contribution >= 4 is 23.2 Å². The van der Waals surface area contributed by atoms with E-state index in [1.165, 1.54) is 0 Å². The molecule has 0 spiro atoms. The number of carbonyl (C=O) groups excluding carboxylic acids is 2. The van der Waals surface area contributed by atoms with Crippen LogP contribution in [0.1, 0.15) is 25.3 Å². The van der Waals surface area contributed by atoms with Gasteiger partial charge in [0, 0.05) is 12.6 Å². The molecule has 2 rings (SSSR count). The van der Waals surface area contributed by atoms with E-state index in [2.05, 4.69) is 0 Å². The number of ether oxygens (including phenoxy) is 1. The van der Waals surface area contributed by atoms with E-state index < -0.39 is 12.0 Å². The number of hydrogen-bond donors (Lipinski definition) is 1. The summed E-state index contributed by atoms with van der Waals surface area (Å²) in [5.41, 5.74) is 6.75. The standard InChI is InChI=1S/C13H18N2O3S/c1-2-18-13(17)11(14)12(16)15(10-3-4-10)7-9-5-6-19-8-9/h5-6,8,10-11H,2-4,7,14H2,1H3. The van der Waals surface area contributed by atoms with Crippen LogP contribution in [0.2, 0.25) is 0 Å². The van der Waals surface area contributed by atoms with Gasteiger partial charge in [-0.25, -0.2) is 4.79 Å². The highest BCUT2D eigenvalue weighted by molar-refractivity contribution is 7.07. The Balaban J connectivity index is 2.02. The lowest BCUT2D eigenvalue weighted by Gasteiger charge is -2.24. The lowest BCUT2D eigenvalue weighted by molar-refractivity contribution is -0.151. The van der Waals surface area contributed by atoms with Crippen LogP contribution in [-0.4, -0.2) is 35.5 Å². The molecule has 6 heteroatoms. The summed E-state index contributed by atoms with van der Waals surface area (Å²) in [6, 6.07) is 0.982. The molecule has 1 atom stereocenters. The van der Waals surface area contributed by atoms with Crippen molar-refractivity contribution in [3.8, 4) is 0 Å². The minimum Gasteiger partial charge on any atom is -0.464 e. The molecule has 0 bridgehead atoms. The zero-order valence-electron chi connectivity index (χ0n) is 10.9. The number of rotatable bonds is 6. The lowest BCUT2D eigenvalue weighted by Crippen LogP contribution is -2.49. The highest BCUT2D eigenvalue weighted by Crippen LogP contribution is 2.29. The number of nitrogens with two attached hydrogens (primary N) is 1. The Morgan fingerprint density at radius 3 is 2.84 bits per heavy atom. The monoisotopic (exact) mass is 282 g/mol. The Hall–Kier alpha value is -1.40. The second-order valence-corrected chi connectivity index (χ2v) is 5.34. The molecule has 1 heterocycles. The first-order chi connectivity index (χ1) is 9.13. The minimum absolute atomic E-state index is 0.216. The van der Waals surface area contributed by atoms with E-state index in [0.29, 0.717) is 6.54 Å². The summed E-state index contributed by atoms with van der Waals surface area (Å²) in [7, 11) is 0. The van der Waals surface area contributed by atoms with E-state index in [9.17, 15) is 9.59 Å². The molecule has 0 radical (unpaired) electrons. The van der Waals surface area contributed by atoms with E-state index in [1.54, 1.807) is 23.2 Å². The van der Waals surface area contributed by atoms with Crippen molar-refractivity contribution < 1.29 is 14.3 Å². The SMILES string of the molecule is CCOC(=O)C(N)C(=O)N(Cc1ccsc1)C1CC1. The van der Waals surface area contributed by atoms with Gasteiger partial charge >= 0.3 is 5.97 Å². The molecule has 5 nitrogen and oxygen atoms in total. The van der Waals surface area contributed by atoms with Gasteiger partial charge < -0.3 is 15.4 Å².